The summed E-state index contributed by atoms with van der Waals surface area (Å²) in [6.07, 6.45) is 2.55. The van der Waals surface area contributed by atoms with Gasteiger partial charge in [0.1, 0.15) is 11.6 Å². The number of benzene rings is 3. The molecule has 3 N–H and O–H groups in total. The third-order valence-electron chi connectivity index (χ3n) is 8.04. The van der Waals surface area contributed by atoms with Gasteiger partial charge in [-0.1, -0.05) is 48.5 Å². The number of anilines is 2. The van der Waals surface area contributed by atoms with Gasteiger partial charge in [-0.3, -0.25) is 4.57 Å². The van der Waals surface area contributed by atoms with Crippen molar-refractivity contribution in [3.8, 4) is 39.6 Å². The van der Waals surface area contributed by atoms with E-state index in [0.717, 1.165) is 51.7 Å². The van der Waals surface area contributed by atoms with Crippen LogP contribution in [0.4, 0.5) is 20.7 Å². The molecule has 1 aliphatic heterocycles. The summed E-state index contributed by atoms with van der Waals surface area (Å²) >= 11 is 0. The Balaban J connectivity index is 1.52. The van der Waals surface area contributed by atoms with Gasteiger partial charge in [0.2, 0.25) is 0 Å². The van der Waals surface area contributed by atoms with Crippen LogP contribution in [-0.4, -0.2) is 25.7 Å². The maximum atomic E-state index is 16.0. The number of fused-ring (bicyclic) bond motifs is 5. The van der Waals surface area contributed by atoms with E-state index in [-0.39, 0.29) is 0 Å². The topological polar surface area (TPSA) is 92.1 Å². The number of hydrogen-bond donors (Lipinski definition) is 3. The highest BCUT2D eigenvalue weighted by Crippen LogP contribution is 2.47. The third-order valence-corrected chi connectivity index (χ3v) is 8.04. The molecule has 2 aromatic heterocycles. The zero-order valence-corrected chi connectivity index (χ0v) is 21.8. The summed E-state index contributed by atoms with van der Waals surface area (Å²) in [5.74, 6) is 0.936. The zero-order chi connectivity index (χ0) is 27.4. The highest BCUT2D eigenvalue weighted by atomic mass is 19.1. The molecule has 1 aliphatic carbocycles. The van der Waals surface area contributed by atoms with E-state index in [9.17, 15) is 9.90 Å². The van der Waals surface area contributed by atoms with Crippen LogP contribution in [0, 0.1) is 12.7 Å². The summed E-state index contributed by atoms with van der Waals surface area (Å²) in [5.41, 5.74) is 6.13. The van der Waals surface area contributed by atoms with Gasteiger partial charge in [-0.05, 0) is 62.1 Å². The lowest BCUT2D eigenvalue weighted by molar-refractivity contribution is 0.142. The van der Waals surface area contributed by atoms with Crippen LogP contribution in [-0.2, 0) is 5.54 Å². The van der Waals surface area contributed by atoms with Crippen LogP contribution in [0.1, 0.15) is 30.4 Å². The second-order valence-corrected chi connectivity index (χ2v) is 10.4. The number of aromatic nitrogens is 3. The Morgan fingerprint density at radius 1 is 1.02 bits per heavy atom. The number of rotatable bonds is 4. The van der Waals surface area contributed by atoms with E-state index < -0.39 is 17.4 Å². The number of nitrogens with one attached hydrogen (secondary N) is 2. The average molecular weight is 532 g/mol. The Morgan fingerprint density at radius 3 is 2.52 bits per heavy atom. The van der Waals surface area contributed by atoms with Crippen LogP contribution in [0.5, 0.6) is 0 Å². The van der Waals surface area contributed by atoms with Crippen LogP contribution >= 0.6 is 0 Å². The molecule has 7 rings (SSSR count). The molecular weight excluding hydrogens is 505 g/mol. The lowest BCUT2D eigenvalue weighted by atomic mass is 9.71. The first-order valence-corrected chi connectivity index (χ1v) is 13.3. The van der Waals surface area contributed by atoms with E-state index in [0.29, 0.717) is 29.8 Å². The SMILES string of the molecule is Cc1ccccc1-c1nc2n(c1-c1ccc(C3(NC(=O)O)CCC3)c(F)c1)-c1cccnc1Nc1ccccc1-2. The van der Waals surface area contributed by atoms with Crippen molar-refractivity contribution >= 4 is 17.6 Å². The fourth-order valence-electron chi connectivity index (χ4n) is 5.96. The van der Waals surface area contributed by atoms with Crippen molar-refractivity contribution in [1.82, 2.24) is 19.9 Å². The molecule has 0 saturated heterocycles. The second-order valence-electron chi connectivity index (χ2n) is 10.4. The van der Waals surface area contributed by atoms with Crippen molar-refractivity contribution in [2.24, 2.45) is 0 Å². The highest BCUT2D eigenvalue weighted by Gasteiger charge is 2.42. The molecule has 5 aromatic rings. The largest absolute Gasteiger partial charge is 0.465 e. The molecular formula is C32H26FN5O2. The summed E-state index contributed by atoms with van der Waals surface area (Å²) in [7, 11) is 0. The van der Waals surface area contributed by atoms with Crippen molar-refractivity contribution in [2.75, 3.05) is 5.32 Å². The van der Waals surface area contributed by atoms with E-state index in [1.165, 1.54) is 6.07 Å². The summed E-state index contributed by atoms with van der Waals surface area (Å²) < 4.78 is 18.0. The number of imidazole rings is 1. The number of carboxylic acid groups (broad SMARTS) is 1. The smallest absolute Gasteiger partial charge is 0.405 e. The normalized spacial score (nSPS) is 14.6. The van der Waals surface area contributed by atoms with Crippen molar-refractivity contribution in [1.29, 1.82) is 0 Å². The summed E-state index contributed by atoms with van der Waals surface area (Å²) in [4.78, 5) is 21.4. The first-order valence-electron chi connectivity index (χ1n) is 13.3. The second kappa shape index (κ2) is 9.05. The van der Waals surface area contributed by atoms with Gasteiger partial charge < -0.3 is 15.7 Å². The molecule has 1 fully saturated rings. The molecule has 7 nitrogen and oxygen atoms in total. The number of para-hydroxylation sites is 1. The number of amides is 1. The lowest BCUT2D eigenvalue weighted by Crippen LogP contribution is -2.50. The maximum Gasteiger partial charge on any atom is 0.405 e. The Kier molecular flexibility index (Phi) is 5.45. The predicted octanol–water partition coefficient (Wildman–Crippen LogP) is 7.42. The van der Waals surface area contributed by atoms with E-state index in [1.807, 2.05) is 78.2 Å². The monoisotopic (exact) mass is 531 g/mol. The lowest BCUT2D eigenvalue weighted by Gasteiger charge is -2.42. The first kappa shape index (κ1) is 24.1. The molecule has 0 unspecified atom stereocenters. The quantitative estimate of drug-likeness (QED) is 0.220. The first-order chi connectivity index (χ1) is 19.4. The van der Waals surface area contributed by atoms with Crippen molar-refractivity contribution < 1.29 is 14.3 Å². The Labute approximate surface area is 230 Å². The van der Waals surface area contributed by atoms with Crippen molar-refractivity contribution in [2.45, 2.75) is 31.7 Å². The van der Waals surface area contributed by atoms with E-state index in [1.54, 1.807) is 12.3 Å². The van der Waals surface area contributed by atoms with E-state index in [4.69, 9.17) is 4.98 Å². The number of halogens is 1. The Bertz CT molecular complexity index is 1810. The zero-order valence-electron chi connectivity index (χ0n) is 21.8. The van der Waals surface area contributed by atoms with Crippen LogP contribution < -0.4 is 10.6 Å². The minimum Gasteiger partial charge on any atom is -0.465 e. The van der Waals surface area contributed by atoms with Gasteiger partial charge in [0.05, 0.1) is 28.3 Å². The minimum absolute atomic E-state index is 0.368. The summed E-state index contributed by atoms with van der Waals surface area (Å²) in [6, 6.07) is 24.9. The fraction of sp³-hybridized carbons (Fsp3) is 0.156. The number of nitrogens with zero attached hydrogens (tertiary/aromatic N) is 3. The van der Waals surface area contributed by atoms with Crippen molar-refractivity contribution in [3.63, 3.8) is 0 Å². The molecule has 2 aliphatic rings. The molecule has 0 atom stereocenters. The number of aryl methyl sites for hydroxylation is 1. The molecule has 0 bridgehead atoms. The van der Waals surface area contributed by atoms with E-state index >= 15 is 4.39 Å². The van der Waals surface area contributed by atoms with Gasteiger partial charge in [0.25, 0.3) is 0 Å². The molecule has 1 amide bonds. The molecule has 1 saturated carbocycles. The molecule has 0 radical (unpaired) electrons. The van der Waals surface area contributed by atoms with Crippen LogP contribution in [0.25, 0.3) is 39.6 Å². The Morgan fingerprint density at radius 2 is 1.80 bits per heavy atom. The Hall–Kier alpha value is -4.98. The average Bonchev–Trinajstić information content (AvgIpc) is 3.25. The predicted molar refractivity (Wildman–Crippen MR) is 152 cm³/mol. The third kappa shape index (κ3) is 3.67. The van der Waals surface area contributed by atoms with Crippen LogP contribution in [0.3, 0.4) is 0 Å². The molecule has 3 aromatic carbocycles. The molecule has 8 heteroatoms. The minimum atomic E-state index is -1.15. The summed E-state index contributed by atoms with van der Waals surface area (Å²) in [5, 5.41) is 15.5. The van der Waals surface area contributed by atoms with E-state index in [2.05, 4.69) is 15.6 Å². The molecule has 198 valence electrons. The van der Waals surface area contributed by atoms with Crippen LogP contribution in [0.15, 0.2) is 85.1 Å². The van der Waals surface area contributed by atoms with Crippen LogP contribution in [0.2, 0.25) is 0 Å². The standard InChI is InChI=1S/C32H26FN5O2/c1-19-8-2-3-9-21(19)27-28(20-13-14-23(24(33)18-20)32(15-7-16-32)37-31(39)40)38-26-12-6-17-34-29(26)35-25-11-5-4-10-22(25)30(38)36-27/h2-6,8-14,17-18,37H,7,15-16H2,1H3,(H,34,35)(H,39,40). The number of carbonyl (C=O) groups is 1. The van der Waals surface area contributed by atoms with Crippen molar-refractivity contribution in [3.05, 3.63) is 102 Å². The fourth-order valence-corrected chi connectivity index (χ4v) is 5.96. The van der Waals surface area contributed by atoms with Gasteiger partial charge in [-0.2, -0.15) is 0 Å². The molecule has 0 spiro atoms. The van der Waals surface area contributed by atoms with Gasteiger partial charge >= 0.3 is 6.09 Å². The molecule has 3 heterocycles. The maximum absolute atomic E-state index is 16.0. The molecule has 40 heavy (non-hydrogen) atoms. The number of hydrogen-bond acceptors (Lipinski definition) is 4. The number of pyridine rings is 1. The van der Waals surface area contributed by atoms with Gasteiger partial charge in [-0.15, -0.1) is 0 Å². The van der Waals surface area contributed by atoms with Gasteiger partial charge in [0, 0.05) is 28.5 Å². The highest BCUT2D eigenvalue weighted by molar-refractivity contribution is 5.91. The van der Waals surface area contributed by atoms with Gasteiger partial charge in [-0.25, -0.2) is 19.2 Å². The summed E-state index contributed by atoms with van der Waals surface area (Å²) in [6.45, 7) is 2.04. The van der Waals surface area contributed by atoms with Gasteiger partial charge in [0.15, 0.2) is 5.82 Å².